The van der Waals surface area contributed by atoms with Crippen LogP contribution in [0.4, 0.5) is 8.78 Å². The summed E-state index contributed by atoms with van der Waals surface area (Å²) in [7, 11) is 0. The van der Waals surface area contributed by atoms with Gasteiger partial charge < -0.3 is 29.7 Å². The summed E-state index contributed by atoms with van der Waals surface area (Å²) in [5, 5.41) is 0.435. The lowest BCUT2D eigenvalue weighted by atomic mass is 9.88. The summed E-state index contributed by atoms with van der Waals surface area (Å²) in [6.07, 6.45) is 5.01. The van der Waals surface area contributed by atoms with E-state index in [1.807, 2.05) is 112 Å². The Balaban J connectivity index is 0.000000117. The average molecular weight is 1550 g/mol. The second-order valence-electron chi connectivity index (χ2n) is 27.1. The Morgan fingerprint density at radius 2 is 0.609 bits per heavy atom. The summed E-state index contributed by atoms with van der Waals surface area (Å²) in [5.41, 5.74) is 13.4. The maximum atomic E-state index is 13.1. The van der Waals surface area contributed by atoms with Gasteiger partial charge in [-0.25, -0.2) is 33.7 Å². The second-order valence-corrected chi connectivity index (χ2v) is 27.5. The topological polar surface area (TPSA) is 323 Å². The van der Waals surface area contributed by atoms with E-state index in [-0.39, 0.29) is 29.6 Å². The van der Waals surface area contributed by atoms with Crippen molar-refractivity contribution in [3.63, 3.8) is 0 Å². The van der Waals surface area contributed by atoms with Crippen LogP contribution in [0.5, 0.6) is 5.75 Å². The summed E-state index contributed by atoms with van der Waals surface area (Å²) in [6, 6.07) is 64.3. The van der Waals surface area contributed by atoms with Crippen molar-refractivity contribution in [3.05, 3.63) is 343 Å². The molecule has 5 aromatic heterocycles. The standard InChI is InChI=1S/C21H17FN2O2.C19H13FN2O3.C19H14N2O2.C13H9ClN2O2.C13H10N2O2.C6H6/c1-2-17-23-18-15-10-7-13(4-3-12-5-8-14(22)9-6-12)11-16(15)20(25)21(26)19(18)24-17;1-10-8-11(20)6-7-14(10)25-9-15-21-16-12-4-2-3-5-13(12)18(23)19(24)17(16)22-15;22-18-14-9-5-4-8-13(14)16-17(19(18)23)21-15(20-16)11-10-12-6-2-1-3-7-12;1-2-9-15-10-7-4-3-6(14)5-8(7)12(17)13(18)11(10)16-9;1-2-9-14-10-7-5-3-4-6-8(7)12(16)13(17)11(10)15-9;1-2-4-6-5-3-1/h5-11H,2-4H2,1H3,(H,23,24);2-8H,9H2,1H3,(H,21,22);1-9H,10-11H2,(H,20,21);3-5H,2H2,1H3,(H,15,16);3-6H,2H2,1H3,(H,14,15);1-6H. The molecule has 5 aliphatic rings. The number of aromatic amines is 5. The van der Waals surface area contributed by atoms with E-state index in [0.717, 1.165) is 46.7 Å². The first-order valence-corrected chi connectivity index (χ1v) is 37.3. The van der Waals surface area contributed by atoms with Crippen molar-refractivity contribution >= 4 is 69.4 Å². The predicted molar refractivity (Wildman–Crippen MR) is 426 cm³/mol. The summed E-state index contributed by atoms with van der Waals surface area (Å²) >= 11 is 5.86. The third kappa shape index (κ3) is 16.1. The number of Topliss-reactive ketones (excluding diaryl/α,β-unsaturated/α-hetero) is 10. The number of H-pyrrole nitrogens is 5. The van der Waals surface area contributed by atoms with Crippen molar-refractivity contribution in [2.75, 3.05) is 0 Å². The number of nitrogens with zero attached hydrogens (tertiary/aromatic N) is 5. The normalized spacial score (nSPS) is 12.8. The van der Waals surface area contributed by atoms with Crippen LogP contribution in [0, 0.1) is 18.6 Å². The van der Waals surface area contributed by atoms with E-state index >= 15 is 0 Å². The molecule has 5 N–H and O–H groups in total. The van der Waals surface area contributed by atoms with Crippen molar-refractivity contribution in [2.24, 2.45) is 0 Å². The molecule has 9 aromatic carbocycles. The van der Waals surface area contributed by atoms with Crippen LogP contribution in [-0.2, 0) is 51.6 Å². The van der Waals surface area contributed by atoms with Gasteiger partial charge in [-0.1, -0.05) is 202 Å². The van der Waals surface area contributed by atoms with Gasteiger partial charge in [0, 0.05) is 86.3 Å². The van der Waals surface area contributed by atoms with Gasteiger partial charge in [-0.15, -0.1) is 0 Å². The molecule has 5 aliphatic carbocycles. The highest BCUT2D eigenvalue weighted by Crippen LogP contribution is 2.38. The first-order chi connectivity index (χ1) is 55.7. The lowest BCUT2D eigenvalue weighted by Gasteiger charge is -2.14. The molecule has 5 heterocycles. The third-order valence-electron chi connectivity index (χ3n) is 19.6. The molecule has 570 valence electrons. The number of benzene rings is 9. The van der Waals surface area contributed by atoms with Crippen LogP contribution in [0.25, 0.3) is 56.3 Å². The maximum absolute atomic E-state index is 13.1. The minimum Gasteiger partial charge on any atom is -0.485 e. The van der Waals surface area contributed by atoms with E-state index in [2.05, 4.69) is 62.0 Å². The number of aromatic nitrogens is 10. The lowest BCUT2D eigenvalue weighted by molar-refractivity contribution is 0.0812. The Kier molecular flexibility index (Phi) is 22.7. The molecule has 0 atom stereocenters. The largest absolute Gasteiger partial charge is 0.485 e. The van der Waals surface area contributed by atoms with Gasteiger partial charge >= 0.3 is 0 Å². The molecule has 24 heteroatoms. The van der Waals surface area contributed by atoms with Gasteiger partial charge in [0.25, 0.3) is 28.9 Å². The number of carbonyl (C=O) groups excluding carboxylic acids is 10. The number of nitrogens with one attached hydrogen (secondary N) is 5. The molecule has 0 radical (unpaired) electrons. The van der Waals surface area contributed by atoms with Gasteiger partial charge in [-0.3, -0.25) is 47.9 Å². The molecular weight excluding hydrogens is 1480 g/mol. The Bertz CT molecular complexity index is 6210. The van der Waals surface area contributed by atoms with Crippen molar-refractivity contribution in [1.82, 2.24) is 49.8 Å². The van der Waals surface area contributed by atoms with Crippen molar-refractivity contribution in [3.8, 4) is 62.0 Å². The number of aryl methyl sites for hydroxylation is 8. The molecule has 0 spiro atoms. The Morgan fingerprint density at radius 3 is 1.04 bits per heavy atom. The van der Waals surface area contributed by atoms with Gasteiger partial charge in [0.2, 0.25) is 28.9 Å². The Labute approximate surface area is 661 Å². The molecule has 0 saturated carbocycles. The minimum absolute atomic E-state index is 0.0725. The summed E-state index contributed by atoms with van der Waals surface area (Å²) < 4.78 is 31.8. The fourth-order valence-electron chi connectivity index (χ4n) is 13.6. The molecular formula is C91H69ClF2N10O11. The van der Waals surface area contributed by atoms with Crippen LogP contribution < -0.4 is 4.74 Å². The number of hydrogen-bond acceptors (Lipinski definition) is 16. The van der Waals surface area contributed by atoms with E-state index in [1.165, 1.54) is 42.0 Å². The van der Waals surface area contributed by atoms with Crippen molar-refractivity contribution in [1.29, 1.82) is 0 Å². The molecule has 19 rings (SSSR count). The van der Waals surface area contributed by atoms with Gasteiger partial charge in [-0.05, 0) is 97.0 Å². The van der Waals surface area contributed by atoms with Crippen LogP contribution in [0.2, 0.25) is 5.02 Å². The van der Waals surface area contributed by atoms with Gasteiger partial charge in [0.1, 0.15) is 110 Å². The van der Waals surface area contributed by atoms with Crippen LogP contribution in [0.3, 0.4) is 0 Å². The average Bonchev–Trinajstić information content (AvgIpc) is 1.69. The van der Waals surface area contributed by atoms with E-state index in [4.69, 9.17) is 16.3 Å². The number of imidazole rings is 5. The predicted octanol–water partition coefficient (Wildman–Crippen LogP) is 17.0. The number of hydrogen-bond donors (Lipinski definition) is 5. The van der Waals surface area contributed by atoms with Crippen LogP contribution in [0.15, 0.2) is 218 Å². The third-order valence-corrected chi connectivity index (χ3v) is 19.8. The van der Waals surface area contributed by atoms with E-state index < -0.39 is 57.8 Å². The van der Waals surface area contributed by atoms with E-state index in [1.54, 1.807) is 85.8 Å². The minimum atomic E-state index is -0.606. The van der Waals surface area contributed by atoms with Crippen LogP contribution in [0.1, 0.15) is 176 Å². The summed E-state index contributed by atoms with van der Waals surface area (Å²) in [5.74, 6) is -1.97. The molecule has 0 fully saturated rings. The summed E-state index contributed by atoms with van der Waals surface area (Å²) in [4.78, 5) is 158. The van der Waals surface area contributed by atoms with Gasteiger partial charge in [0.05, 0.1) is 0 Å². The molecule has 21 nitrogen and oxygen atoms in total. The first kappa shape index (κ1) is 77.4. The maximum Gasteiger partial charge on any atom is 0.251 e. The van der Waals surface area contributed by atoms with Crippen LogP contribution >= 0.6 is 11.6 Å². The highest BCUT2D eigenvalue weighted by molar-refractivity contribution is 6.55. The number of rotatable bonds is 12. The molecule has 0 aliphatic heterocycles. The highest BCUT2D eigenvalue weighted by Gasteiger charge is 2.38. The highest BCUT2D eigenvalue weighted by atomic mass is 35.5. The van der Waals surface area contributed by atoms with Crippen molar-refractivity contribution in [2.45, 2.75) is 79.2 Å². The monoisotopic (exact) mass is 1550 g/mol. The number of ether oxygens (including phenoxy) is 1. The summed E-state index contributed by atoms with van der Waals surface area (Å²) in [6.45, 7) is 7.63. The SMILES string of the molecule is CCc1nc2c([nH]1)C(=O)C(=O)c1cc(CCc3ccc(F)cc3)ccc1-2.CCc1nc2c([nH]1)C(=O)C(=O)c1cc(Cl)ccc1-2.CCc1nc2c([nH]1)C(=O)C(=O)c1ccccc1-2.Cc1cc(F)ccc1OCc1nc2c([nH]1)C(=O)C(=O)c1ccccc1-2.O=C1C(=O)c2[nH]c(CCc3ccccc3)nc2-c2ccccc21.c1ccccc1. The Hall–Kier alpha value is -14.3. The molecule has 0 unspecified atom stereocenters. The van der Waals surface area contributed by atoms with Crippen LogP contribution in [-0.4, -0.2) is 108 Å². The van der Waals surface area contributed by atoms with Gasteiger partial charge in [0.15, 0.2) is 0 Å². The fourth-order valence-corrected chi connectivity index (χ4v) is 13.8. The zero-order valence-electron chi connectivity index (χ0n) is 62.3. The second kappa shape index (κ2) is 33.7. The Morgan fingerprint density at radius 1 is 0.296 bits per heavy atom. The molecule has 115 heavy (non-hydrogen) atoms. The number of carbonyl (C=O) groups is 10. The van der Waals surface area contributed by atoms with Gasteiger partial charge in [-0.2, -0.15) is 0 Å². The zero-order chi connectivity index (χ0) is 80.7. The number of ketones is 10. The molecule has 0 amide bonds. The smallest absolute Gasteiger partial charge is 0.251 e. The molecule has 14 aromatic rings. The first-order valence-electron chi connectivity index (χ1n) is 37.0. The molecule has 0 saturated heterocycles. The number of fused-ring (bicyclic) bond motifs is 15. The molecule has 0 bridgehead atoms. The van der Waals surface area contributed by atoms with E-state index in [9.17, 15) is 56.7 Å². The van der Waals surface area contributed by atoms with E-state index in [0.29, 0.717) is 156 Å². The number of halogens is 3. The fraction of sp³-hybridized carbons (Fsp3) is 0.132. The quantitative estimate of drug-likeness (QED) is 0.0710. The van der Waals surface area contributed by atoms with Crippen molar-refractivity contribution < 1.29 is 61.5 Å². The zero-order valence-corrected chi connectivity index (χ0v) is 63.1. The lowest BCUT2D eigenvalue weighted by Crippen LogP contribution is -2.21.